The smallest absolute Gasteiger partial charge is 0.220 e. The Morgan fingerprint density at radius 3 is 2.83 bits per heavy atom. The second kappa shape index (κ2) is 7.27. The molecule has 0 atom stereocenters. The standard InChI is InChI=1S/C15H19NOS/c17-15(16-12-14-6-7-14)9-11-18-10-8-13-4-2-1-3-5-13/h1-5,8,10,14H,6-7,9,11-12H2,(H,16,17). The minimum Gasteiger partial charge on any atom is -0.356 e. The summed E-state index contributed by atoms with van der Waals surface area (Å²) in [6.07, 6.45) is 5.26. The first-order valence-corrected chi connectivity index (χ1v) is 7.49. The van der Waals surface area contributed by atoms with Gasteiger partial charge in [0.15, 0.2) is 0 Å². The molecule has 0 radical (unpaired) electrons. The van der Waals surface area contributed by atoms with Crippen molar-refractivity contribution < 1.29 is 4.79 Å². The van der Waals surface area contributed by atoms with Crippen LogP contribution in [0.1, 0.15) is 24.8 Å². The lowest BCUT2D eigenvalue weighted by molar-refractivity contribution is -0.120. The molecule has 2 nitrogen and oxygen atoms in total. The van der Waals surface area contributed by atoms with Gasteiger partial charge >= 0.3 is 0 Å². The molecule has 0 saturated heterocycles. The number of rotatable bonds is 7. The zero-order valence-electron chi connectivity index (χ0n) is 10.5. The fourth-order valence-electron chi connectivity index (χ4n) is 1.58. The topological polar surface area (TPSA) is 29.1 Å². The Bertz CT molecular complexity index is 398. The summed E-state index contributed by atoms with van der Waals surface area (Å²) in [5.41, 5.74) is 1.20. The van der Waals surface area contributed by atoms with E-state index in [0.29, 0.717) is 6.42 Å². The van der Waals surface area contributed by atoms with Gasteiger partial charge in [-0.05, 0) is 35.8 Å². The molecular formula is C15H19NOS. The number of benzene rings is 1. The Morgan fingerprint density at radius 1 is 1.33 bits per heavy atom. The maximum absolute atomic E-state index is 11.5. The summed E-state index contributed by atoms with van der Waals surface area (Å²) in [4.78, 5) is 11.5. The predicted molar refractivity (Wildman–Crippen MR) is 78.3 cm³/mol. The number of hydrogen-bond acceptors (Lipinski definition) is 2. The van der Waals surface area contributed by atoms with Crippen molar-refractivity contribution in [2.45, 2.75) is 19.3 Å². The van der Waals surface area contributed by atoms with Gasteiger partial charge in [0.2, 0.25) is 5.91 Å². The number of nitrogens with one attached hydrogen (secondary N) is 1. The average molecular weight is 261 g/mol. The van der Waals surface area contributed by atoms with E-state index in [9.17, 15) is 4.79 Å². The van der Waals surface area contributed by atoms with Gasteiger partial charge in [0.25, 0.3) is 0 Å². The van der Waals surface area contributed by atoms with Crippen molar-refractivity contribution in [3.63, 3.8) is 0 Å². The third-order valence-corrected chi connectivity index (χ3v) is 3.66. The number of thioether (sulfide) groups is 1. The number of carbonyl (C=O) groups is 1. The van der Waals surface area contributed by atoms with Crippen molar-refractivity contribution in [3.8, 4) is 0 Å². The molecule has 0 aromatic heterocycles. The molecule has 2 rings (SSSR count). The Kier molecular flexibility index (Phi) is 5.34. The summed E-state index contributed by atoms with van der Waals surface area (Å²) in [7, 11) is 0. The first-order chi connectivity index (χ1) is 8.84. The Morgan fingerprint density at radius 2 is 2.11 bits per heavy atom. The van der Waals surface area contributed by atoms with E-state index in [1.54, 1.807) is 11.8 Å². The Hall–Kier alpha value is -1.22. The van der Waals surface area contributed by atoms with E-state index < -0.39 is 0 Å². The third-order valence-electron chi connectivity index (χ3n) is 2.89. The van der Waals surface area contributed by atoms with E-state index in [1.165, 1.54) is 18.4 Å². The van der Waals surface area contributed by atoms with E-state index in [4.69, 9.17) is 0 Å². The molecule has 1 aromatic carbocycles. The summed E-state index contributed by atoms with van der Waals surface area (Å²) < 4.78 is 0. The molecule has 0 aliphatic heterocycles. The minimum absolute atomic E-state index is 0.183. The van der Waals surface area contributed by atoms with E-state index in [2.05, 4.69) is 28.9 Å². The van der Waals surface area contributed by atoms with Gasteiger partial charge in [-0.2, -0.15) is 0 Å². The molecule has 1 N–H and O–H groups in total. The predicted octanol–water partition coefficient (Wildman–Crippen LogP) is 3.31. The normalized spacial score (nSPS) is 14.9. The molecule has 1 amide bonds. The lowest BCUT2D eigenvalue weighted by atomic mass is 10.2. The monoisotopic (exact) mass is 261 g/mol. The third kappa shape index (κ3) is 5.41. The van der Waals surface area contributed by atoms with Crippen molar-refractivity contribution in [1.29, 1.82) is 0 Å². The zero-order valence-corrected chi connectivity index (χ0v) is 11.3. The molecule has 1 saturated carbocycles. The van der Waals surface area contributed by atoms with Crippen LogP contribution in [-0.4, -0.2) is 18.2 Å². The summed E-state index contributed by atoms with van der Waals surface area (Å²) in [5, 5.41) is 5.04. The summed E-state index contributed by atoms with van der Waals surface area (Å²) in [6, 6.07) is 10.2. The second-order valence-electron chi connectivity index (χ2n) is 4.58. The fraction of sp³-hybridized carbons (Fsp3) is 0.400. The highest BCUT2D eigenvalue weighted by Gasteiger charge is 2.21. The SMILES string of the molecule is O=C(CCSC=Cc1ccccc1)NCC1CC1. The first kappa shape index (κ1) is 13.2. The van der Waals surface area contributed by atoms with Crippen molar-refractivity contribution in [2.75, 3.05) is 12.3 Å². The molecule has 0 bridgehead atoms. The van der Waals surface area contributed by atoms with Crippen LogP contribution in [0, 0.1) is 5.92 Å². The Balaban J connectivity index is 1.54. The molecule has 1 aliphatic carbocycles. The van der Waals surface area contributed by atoms with E-state index >= 15 is 0 Å². The van der Waals surface area contributed by atoms with Gasteiger partial charge in [-0.1, -0.05) is 30.3 Å². The molecule has 0 heterocycles. The lowest BCUT2D eigenvalue weighted by Crippen LogP contribution is -2.25. The van der Waals surface area contributed by atoms with Crippen molar-refractivity contribution in [3.05, 3.63) is 41.3 Å². The van der Waals surface area contributed by atoms with Gasteiger partial charge in [0.1, 0.15) is 0 Å². The van der Waals surface area contributed by atoms with Crippen molar-refractivity contribution in [2.24, 2.45) is 5.92 Å². The fourth-order valence-corrected chi connectivity index (χ4v) is 2.27. The largest absolute Gasteiger partial charge is 0.356 e. The van der Waals surface area contributed by atoms with Gasteiger partial charge < -0.3 is 5.32 Å². The second-order valence-corrected chi connectivity index (χ2v) is 5.60. The maximum Gasteiger partial charge on any atom is 0.220 e. The van der Waals surface area contributed by atoms with Crippen molar-refractivity contribution in [1.82, 2.24) is 5.32 Å². The van der Waals surface area contributed by atoms with E-state index in [0.717, 1.165) is 18.2 Å². The lowest BCUT2D eigenvalue weighted by Gasteiger charge is -2.02. The highest BCUT2D eigenvalue weighted by molar-refractivity contribution is 8.02. The van der Waals surface area contributed by atoms with E-state index in [-0.39, 0.29) is 5.91 Å². The molecule has 0 spiro atoms. The maximum atomic E-state index is 11.5. The van der Waals surface area contributed by atoms with Crippen LogP contribution in [0.2, 0.25) is 0 Å². The first-order valence-electron chi connectivity index (χ1n) is 6.44. The zero-order chi connectivity index (χ0) is 12.6. The van der Waals surface area contributed by atoms with Crippen LogP contribution in [0.3, 0.4) is 0 Å². The highest BCUT2D eigenvalue weighted by atomic mass is 32.2. The van der Waals surface area contributed by atoms with Crippen LogP contribution >= 0.6 is 11.8 Å². The van der Waals surface area contributed by atoms with Gasteiger partial charge in [-0.25, -0.2) is 0 Å². The quantitative estimate of drug-likeness (QED) is 0.763. The van der Waals surface area contributed by atoms with Gasteiger partial charge in [0.05, 0.1) is 0 Å². The molecule has 0 unspecified atom stereocenters. The van der Waals surface area contributed by atoms with Crippen LogP contribution in [-0.2, 0) is 4.79 Å². The summed E-state index contributed by atoms with van der Waals surface area (Å²) in [5.74, 6) is 1.79. The van der Waals surface area contributed by atoms with Crippen LogP contribution < -0.4 is 5.32 Å². The molecule has 1 fully saturated rings. The van der Waals surface area contributed by atoms with Crippen LogP contribution in [0.25, 0.3) is 6.08 Å². The number of hydrogen-bond donors (Lipinski definition) is 1. The van der Waals surface area contributed by atoms with Crippen LogP contribution in [0.5, 0.6) is 0 Å². The number of amides is 1. The molecular weight excluding hydrogens is 242 g/mol. The molecule has 3 heteroatoms. The van der Waals surface area contributed by atoms with Gasteiger partial charge in [-0.15, -0.1) is 11.8 Å². The summed E-state index contributed by atoms with van der Waals surface area (Å²) in [6.45, 7) is 0.878. The van der Waals surface area contributed by atoms with Crippen molar-refractivity contribution >= 4 is 23.7 Å². The van der Waals surface area contributed by atoms with E-state index in [1.807, 2.05) is 18.2 Å². The molecule has 1 aliphatic rings. The van der Waals surface area contributed by atoms with Gasteiger partial charge in [-0.3, -0.25) is 4.79 Å². The van der Waals surface area contributed by atoms with Crippen LogP contribution in [0.4, 0.5) is 0 Å². The Labute approximate surface area is 113 Å². The minimum atomic E-state index is 0.183. The molecule has 1 aromatic rings. The highest BCUT2D eigenvalue weighted by Crippen LogP contribution is 2.27. The van der Waals surface area contributed by atoms with Gasteiger partial charge in [0, 0.05) is 18.7 Å². The van der Waals surface area contributed by atoms with Crippen LogP contribution in [0.15, 0.2) is 35.7 Å². The average Bonchev–Trinajstić information content (AvgIpc) is 3.21. The number of carbonyl (C=O) groups excluding carboxylic acids is 1. The molecule has 96 valence electrons. The molecule has 18 heavy (non-hydrogen) atoms. The summed E-state index contributed by atoms with van der Waals surface area (Å²) >= 11 is 1.68.